The third-order valence-corrected chi connectivity index (χ3v) is 4.90. The summed E-state index contributed by atoms with van der Waals surface area (Å²) in [5.74, 6) is 0.674. The molecular weight excluding hydrogens is 302 g/mol. The van der Waals surface area contributed by atoms with Crippen molar-refractivity contribution in [1.82, 2.24) is 10.2 Å². The van der Waals surface area contributed by atoms with Gasteiger partial charge in [0.05, 0.1) is 10.2 Å². The van der Waals surface area contributed by atoms with Crippen molar-refractivity contribution in [3.05, 3.63) is 34.4 Å². The van der Waals surface area contributed by atoms with Crippen molar-refractivity contribution in [2.75, 3.05) is 26.7 Å². The van der Waals surface area contributed by atoms with Crippen LogP contribution in [0.4, 0.5) is 5.69 Å². The fourth-order valence-electron chi connectivity index (χ4n) is 2.65. The maximum Gasteiger partial charge on any atom is 0.269 e. The third kappa shape index (κ3) is 4.20. The average molecular weight is 323 g/mol. The Morgan fingerprint density at radius 1 is 1.50 bits per heavy atom. The maximum atomic E-state index is 12.5. The molecule has 1 amide bonds. The van der Waals surface area contributed by atoms with Gasteiger partial charge in [-0.25, -0.2) is 0 Å². The molecule has 2 unspecified atom stereocenters. The van der Waals surface area contributed by atoms with Crippen LogP contribution in [-0.2, 0) is 4.79 Å². The molecule has 6 nitrogen and oxygen atoms in total. The highest BCUT2D eigenvalue weighted by atomic mass is 32.2. The van der Waals surface area contributed by atoms with E-state index < -0.39 is 4.92 Å². The van der Waals surface area contributed by atoms with Crippen LogP contribution in [0.2, 0.25) is 0 Å². The molecule has 0 radical (unpaired) electrons. The Balaban J connectivity index is 1.90. The van der Waals surface area contributed by atoms with Gasteiger partial charge in [0.2, 0.25) is 5.91 Å². The Morgan fingerprint density at radius 2 is 2.18 bits per heavy atom. The van der Waals surface area contributed by atoms with Gasteiger partial charge in [0, 0.05) is 30.1 Å². The molecule has 2 atom stereocenters. The van der Waals surface area contributed by atoms with Crippen LogP contribution in [0.15, 0.2) is 29.2 Å². The lowest BCUT2D eigenvalue weighted by atomic mass is 10.1. The van der Waals surface area contributed by atoms with Crippen LogP contribution in [-0.4, -0.2) is 47.7 Å². The van der Waals surface area contributed by atoms with E-state index in [4.69, 9.17) is 0 Å². The van der Waals surface area contributed by atoms with Crippen molar-refractivity contribution < 1.29 is 9.72 Å². The molecule has 1 saturated heterocycles. The van der Waals surface area contributed by atoms with Gasteiger partial charge < -0.3 is 10.2 Å². The van der Waals surface area contributed by atoms with Crippen LogP contribution >= 0.6 is 11.8 Å². The molecule has 120 valence electrons. The highest BCUT2D eigenvalue weighted by molar-refractivity contribution is 8.00. The summed E-state index contributed by atoms with van der Waals surface area (Å²) in [5, 5.41) is 13.6. The molecule has 2 rings (SSSR count). The number of nitro benzene ring substituents is 1. The maximum absolute atomic E-state index is 12.5. The molecule has 1 aromatic rings. The SMILES string of the molecule is CNCC1CCN(C(=O)C(C)Sc2ccc([N+](=O)[O-])cc2)C1. The van der Waals surface area contributed by atoms with E-state index in [0.717, 1.165) is 31.0 Å². The van der Waals surface area contributed by atoms with E-state index in [1.807, 2.05) is 18.9 Å². The Bertz CT molecular complexity index is 535. The van der Waals surface area contributed by atoms with E-state index in [1.54, 1.807) is 12.1 Å². The number of carbonyl (C=O) groups excluding carboxylic acids is 1. The molecule has 1 fully saturated rings. The first-order chi connectivity index (χ1) is 10.5. The molecule has 1 aromatic carbocycles. The third-order valence-electron chi connectivity index (χ3n) is 3.80. The number of thioether (sulfide) groups is 1. The number of rotatable bonds is 6. The molecule has 1 aliphatic heterocycles. The van der Waals surface area contributed by atoms with Crippen molar-refractivity contribution in [2.24, 2.45) is 5.92 Å². The van der Waals surface area contributed by atoms with E-state index in [2.05, 4.69) is 5.32 Å². The van der Waals surface area contributed by atoms with E-state index in [0.29, 0.717) is 5.92 Å². The van der Waals surface area contributed by atoms with Gasteiger partial charge in [0.1, 0.15) is 0 Å². The van der Waals surface area contributed by atoms with Gasteiger partial charge in [0.25, 0.3) is 5.69 Å². The lowest BCUT2D eigenvalue weighted by Gasteiger charge is -2.20. The van der Waals surface area contributed by atoms with Crippen LogP contribution in [0.3, 0.4) is 0 Å². The van der Waals surface area contributed by atoms with Gasteiger partial charge in [-0.3, -0.25) is 14.9 Å². The predicted octanol–water partition coefficient (Wildman–Crippen LogP) is 2.14. The van der Waals surface area contributed by atoms with Crippen molar-refractivity contribution >= 4 is 23.4 Å². The van der Waals surface area contributed by atoms with Gasteiger partial charge in [-0.15, -0.1) is 11.8 Å². The molecule has 0 aromatic heterocycles. The fourth-order valence-corrected chi connectivity index (χ4v) is 3.60. The quantitative estimate of drug-likeness (QED) is 0.493. The minimum absolute atomic E-state index is 0.0674. The highest BCUT2D eigenvalue weighted by Crippen LogP contribution is 2.28. The van der Waals surface area contributed by atoms with Crippen molar-refractivity contribution in [2.45, 2.75) is 23.5 Å². The highest BCUT2D eigenvalue weighted by Gasteiger charge is 2.29. The molecule has 7 heteroatoms. The van der Waals surface area contributed by atoms with Crippen LogP contribution in [0, 0.1) is 16.0 Å². The zero-order chi connectivity index (χ0) is 16.1. The Labute approximate surface area is 134 Å². The van der Waals surface area contributed by atoms with Gasteiger partial charge in [0.15, 0.2) is 0 Å². The second-order valence-electron chi connectivity index (χ2n) is 5.51. The molecule has 0 saturated carbocycles. The van der Waals surface area contributed by atoms with Crippen LogP contribution in [0.5, 0.6) is 0 Å². The van der Waals surface area contributed by atoms with E-state index in [-0.39, 0.29) is 16.8 Å². The average Bonchev–Trinajstić information content (AvgIpc) is 2.96. The smallest absolute Gasteiger partial charge is 0.269 e. The van der Waals surface area contributed by atoms with Gasteiger partial charge >= 0.3 is 0 Å². The lowest BCUT2D eigenvalue weighted by Crippen LogP contribution is -2.35. The summed E-state index contributed by atoms with van der Waals surface area (Å²) in [6, 6.07) is 6.33. The van der Waals surface area contributed by atoms with Crippen LogP contribution in [0.1, 0.15) is 13.3 Å². The Hall–Kier alpha value is -1.60. The first-order valence-corrected chi connectivity index (χ1v) is 8.23. The van der Waals surface area contributed by atoms with E-state index >= 15 is 0 Å². The minimum Gasteiger partial charge on any atom is -0.341 e. The summed E-state index contributed by atoms with van der Waals surface area (Å²) < 4.78 is 0. The summed E-state index contributed by atoms with van der Waals surface area (Å²) >= 11 is 1.44. The number of nitrogens with zero attached hydrogens (tertiary/aromatic N) is 2. The zero-order valence-corrected chi connectivity index (χ0v) is 13.6. The number of carbonyl (C=O) groups is 1. The summed E-state index contributed by atoms with van der Waals surface area (Å²) in [5.41, 5.74) is 0.0674. The van der Waals surface area contributed by atoms with Gasteiger partial charge in [-0.1, -0.05) is 0 Å². The number of nitrogens with one attached hydrogen (secondary N) is 1. The van der Waals surface area contributed by atoms with Crippen molar-refractivity contribution in [3.63, 3.8) is 0 Å². The molecule has 22 heavy (non-hydrogen) atoms. The van der Waals surface area contributed by atoms with Crippen molar-refractivity contribution in [1.29, 1.82) is 0 Å². The summed E-state index contributed by atoms with van der Waals surface area (Å²) in [4.78, 5) is 25.5. The second-order valence-corrected chi connectivity index (χ2v) is 6.92. The second kappa shape index (κ2) is 7.60. The topological polar surface area (TPSA) is 75.5 Å². The molecule has 0 spiro atoms. The number of nitro groups is 1. The number of benzene rings is 1. The van der Waals surface area contributed by atoms with Crippen molar-refractivity contribution in [3.8, 4) is 0 Å². The molecule has 0 bridgehead atoms. The van der Waals surface area contributed by atoms with E-state index in [1.165, 1.54) is 23.9 Å². The predicted molar refractivity (Wildman–Crippen MR) is 87.0 cm³/mol. The fraction of sp³-hybridized carbons (Fsp3) is 0.533. The molecule has 1 N–H and O–H groups in total. The summed E-state index contributed by atoms with van der Waals surface area (Å²) in [6.45, 7) is 4.45. The molecule has 0 aliphatic carbocycles. The molecule has 1 heterocycles. The minimum atomic E-state index is -0.421. The number of likely N-dealkylation sites (tertiary alicyclic amines) is 1. The number of hydrogen-bond donors (Lipinski definition) is 1. The number of non-ortho nitro benzene ring substituents is 1. The Kier molecular flexibility index (Phi) is 5.79. The Morgan fingerprint density at radius 3 is 2.77 bits per heavy atom. The molecular formula is C15H21N3O3S. The zero-order valence-electron chi connectivity index (χ0n) is 12.8. The van der Waals surface area contributed by atoms with Gasteiger partial charge in [-0.05, 0) is 45.0 Å². The monoisotopic (exact) mass is 323 g/mol. The lowest BCUT2D eigenvalue weighted by molar-refractivity contribution is -0.384. The largest absolute Gasteiger partial charge is 0.341 e. The van der Waals surface area contributed by atoms with E-state index in [9.17, 15) is 14.9 Å². The van der Waals surface area contributed by atoms with Crippen LogP contribution in [0.25, 0.3) is 0 Å². The number of hydrogen-bond acceptors (Lipinski definition) is 5. The van der Waals surface area contributed by atoms with Crippen LogP contribution < -0.4 is 5.32 Å². The van der Waals surface area contributed by atoms with Gasteiger partial charge in [-0.2, -0.15) is 0 Å². The molecule has 1 aliphatic rings. The first kappa shape index (κ1) is 16.8. The summed E-state index contributed by atoms with van der Waals surface area (Å²) in [6.07, 6.45) is 1.04. The summed E-state index contributed by atoms with van der Waals surface area (Å²) in [7, 11) is 1.93. The first-order valence-electron chi connectivity index (χ1n) is 7.35. The standard InChI is InChI=1S/C15H21N3O3S/c1-11(15(19)17-8-7-12(10-17)9-16-2)22-14-5-3-13(4-6-14)18(20)21/h3-6,11-12,16H,7-10H2,1-2H3. The normalized spacial score (nSPS) is 19.2. The number of amides is 1.